The predicted octanol–water partition coefficient (Wildman–Crippen LogP) is 4.81. The van der Waals surface area contributed by atoms with E-state index in [-0.39, 0.29) is 23.6 Å². The van der Waals surface area contributed by atoms with Crippen LogP contribution in [0.15, 0.2) is 52.9 Å². The van der Waals surface area contributed by atoms with Crippen LogP contribution >= 0.6 is 23.1 Å². The highest BCUT2D eigenvalue weighted by Gasteiger charge is 2.25. The lowest BCUT2D eigenvalue weighted by Crippen LogP contribution is -2.33. The quantitative estimate of drug-likeness (QED) is 0.264. The molecule has 2 aromatic heterocycles. The summed E-state index contributed by atoms with van der Waals surface area (Å²) in [6.07, 6.45) is 4.92. The fourth-order valence-electron chi connectivity index (χ4n) is 4.18. The molecule has 4 rings (SSSR count). The number of thiophene rings is 1. The Kier molecular flexibility index (Phi) is 7.31. The van der Waals surface area contributed by atoms with Crippen LogP contribution in [0.25, 0.3) is 10.2 Å². The van der Waals surface area contributed by atoms with Gasteiger partial charge in [-0.1, -0.05) is 43.0 Å². The van der Waals surface area contributed by atoms with E-state index in [0.717, 1.165) is 40.7 Å². The zero-order valence-electron chi connectivity index (χ0n) is 18.6. The Hall–Kier alpha value is -2.89. The molecule has 6 nitrogen and oxygen atoms in total. The first-order chi connectivity index (χ1) is 16.0. The molecule has 0 spiro atoms. The lowest BCUT2D eigenvalue weighted by molar-refractivity contribution is -0.116. The van der Waals surface area contributed by atoms with Crippen LogP contribution in [0.3, 0.4) is 0 Å². The maximum Gasteiger partial charge on any atom is 0.263 e. The number of thioether (sulfide) groups is 1. The molecule has 1 amide bonds. The third kappa shape index (κ3) is 4.90. The van der Waals surface area contributed by atoms with Gasteiger partial charge in [0.05, 0.1) is 23.6 Å². The molecule has 33 heavy (non-hydrogen) atoms. The number of nitrogens with zero attached hydrogens (tertiary/aromatic N) is 4. The molecule has 1 atom stereocenters. The third-order valence-corrected chi connectivity index (χ3v) is 7.94. The summed E-state index contributed by atoms with van der Waals surface area (Å²) in [5.74, 6) is 0.613. The number of nitriles is 1. The molecule has 8 heteroatoms. The zero-order valence-corrected chi connectivity index (χ0v) is 20.3. The number of para-hydroxylation sites is 1. The van der Waals surface area contributed by atoms with E-state index in [1.165, 1.54) is 16.6 Å². The number of anilines is 1. The molecule has 0 bridgehead atoms. The number of aryl methyl sites for hydroxylation is 1. The van der Waals surface area contributed by atoms with Crippen LogP contribution in [-0.4, -0.2) is 27.8 Å². The van der Waals surface area contributed by atoms with Crippen molar-refractivity contribution in [3.05, 3.63) is 63.8 Å². The van der Waals surface area contributed by atoms with E-state index in [0.29, 0.717) is 24.2 Å². The van der Waals surface area contributed by atoms with Gasteiger partial charge in [-0.25, -0.2) is 4.98 Å². The molecule has 1 aromatic carbocycles. The first kappa shape index (κ1) is 23.3. The van der Waals surface area contributed by atoms with E-state index in [4.69, 9.17) is 10.2 Å². The second-order valence-electron chi connectivity index (χ2n) is 8.21. The summed E-state index contributed by atoms with van der Waals surface area (Å²) >= 11 is 2.88. The minimum absolute atomic E-state index is 0.0497. The fourth-order valence-corrected chi connectivity index (χ4v) is 6.49. The van der Waals surface area contributed by atoms with Crippen LogP contribution in [-0.2, 0) is 24.2 Å². The molecule has 0 aliphatic heterocycles. The van der Waals surface area contributed by atoms with Gasteiger partial charge in [-0.05, 0) is 42.9 Å². The fraction of sp³-hybridized carbons (Fsp3) is 0.360. The van der Waals surface area contributed by atoms with Crippen LogP contribution in [0.2, 0.25) is 0 Å². The van der Waals surface area contributed by atoms with Gasteiger partial charge < -0.3 is 4.90 Å². The minimum atomic E-state index is -0.125. The van der Waals surface area contributed by atoms with Gasteiger partial charge in [-0.3, -0.25) is 14.2 Å². The number of carbonyl (C=O) groups is 1. The molecule has 1 aliphatic rings. The summed E-state index contributed by atoms with van der Waals surface area (Å²) in [6, 6.07) is 11.4. The Labute approximate surface area is 201 Å². The zero-order chi connectivity index (χ0) is 23.4. The molecular weight excluding hydrogens is 452 g/mol. The van der Waals surface area contributed by atoms with Crippen LogP contribution in [0.5, 0.6) is 0 Å². The lowest BCUT2D eigenvalue weighted by Gasteiger charge is -2.22. The van der Waals surface area contributed by atoms with Crippen molar-refractivity contribution in [3.63, 3.8) is 0 Å². The summed E-state index contributed by atoms with van der Waals surface area (Å²) in [5, 5.41) is 10.3. The number of hydrogen-bond donors (Lipinski definition) is 0. The number of benzene rings is 1. The van der Waals surface area contributed by atoms with Gasteiger partial charge in [0.15, 0.2) is 5.16 Å². The average molecular weight is 479 g/mol. The van der Waals surface area contributed by atoms with Crippen molar-refractivity contribution in [2.24, 2.45) is 5.92 Å². The van der Waals surface area contributed by atoms with Crippen molar-refractivity contribution in [1.82, 2.24) is 9.55 Å². The van der Waals surface area contributed by atoms with Gasteiger partial charge in [0.1, 0.15) is 4.83 Å². The molecular formula is C25H26N4O2S2. The normalized spacial score (nSPS) is 15.1. The van der Waals surface area contributed by atoms with Crippen molar-refractivity contribution < 1.29 is 4.79 Å². The number of aromatic nitrogens is 2. The SMILES string of the molecule is C=CCn1c(SCC(=O)N(CCC#N)c2ccccc2)nc2sc3c(c2c1=O)CCC(C)C3. The highest BCUT2D eigenvalue weighted by atomic mass is 32.2. The topological polar surface area (TPSA) is 79.0 Å². The standard InChI is InChI=1S/C25H26N4O2S2/c1-3-13-29-24(31)22-19-11-10-17(2)15-20(19)33-23(22)27-25(29)32-16-21(30)28(14-7-12-26)18-8-5-4-6-9-18/h3-6,8-9,17H,1,7,10-11,13-16H2,2H3. The monoisotopic (exact) mass is 478 g/mol. The summed E-state index contributed by atoms with van der Waals surface area (Å²) in [4.78, 5) is 35.0. The van der Waals surface area contributed by atoms with E-state index in [1.54, 1.807) is 26.9 Å². The summed E-state index contributed by atoms with van der Waals surface area (Å²) in [5.41, 5.74) is 1.86. The van der Waals surface area contributed by atoms with Gasteiger partial charge in [0.25, 0.3) is 5.56 Å². The average Bonchev–Trinajstić information content (AvgIpc) is 3.18. The highest BCUT2D eigenvalue weighted by Crippen LogP contribution is 2.36. The molecule has 1 unspecified atom stereocenters. The minimum Gasteiger partial charge on any atom is -0.311 e. The van der Waals surface area contributed by atoms with Crippen molar-refractivity contribution in [3.8, 4) is 6.07 Å². The van der Waals surface area contributed by atoms with E-state index in [9.17, 15) is 9.59 Å². The molecule has 170 valence electrons. The smallest absolute Gasteiger partial charge is 0.263 e. The lowest BCUT2D eigenvalue weighted by atomic mass is 9.89. The second kappa shape index (κ2) is 10.4. The largest absolute Gasteiger partial charge is 0.311 e. The number of allylic oxidation sites excluding steroid dienone is 1. The maximum absolute atomic E-state index is 13.4. The van der Waals surface area contributed by atoms with Crippen molar-refractivity contribution >= 4 is 44.9 Å². The Morgan fingerprint density at radius 1 is 1.42 bits per heavy atom. The van der Waals surface area contributed by atoms with Crippen LogP contribution in [0, 0.1) is 17.2 Å². The van der Waals surface area contributed by atoms with Gasteiger partial charge in [-0.2, -0.15) is 5.26 Å². The summed E-state index contributed by atoms with van der Waals surface area (Å²) in [7, 11) is 0. The Morgan fingerprint density at radius 3 is 2.94 bits per heavy atom. The first-order valence-electron chi connectivity index (χ1n) is 11.0. The van der Waals surface area contributed by atoms with Gasteiger partial charge in [0.2, 0.25) is 5.91 Å². The third-order valence-electron chi connectivity index (χ3n) is 5.83. The molecule has 0 saturated carbocycles. The second-order valence-corrected chi connectivity index (χ2v) is 10.2. The van der Waals surface area contributed by atoms with Gasteiger partial charge >= 0.3 is 0 Å². The van der Waals surface area contributed by atoms with Gasteiger partial charge in [0, 0.05) is 23.7 Å². The molecule has 1 aliphatic carbocycles. The Bertz CT molecular complexity index is 1270. The molecule has 0 fully saturated rings. The van der Waals surface area contributed by atoms with Gasteiger partial charge in [-0.15, -0.1) is 17.9 Å². The molecule has 0 radical (unpaired) electrons. The van der Waals surface area contributed by atoms with Crippen molar-refractivity contribution in [2.45, 2.75) is 44.3 Å². The van der Waals surface area contributed by atoms with Crippen LogP contribution < -0.4 is 10.5 Å². The van der Waals surface area contributed by atoms with E-state index in [1.807, 2.05) is 30.3 Å². The number of amides is 1. The van der Waals surface area contributed by atoms with Crippen molar-refractivity contribution in [1.29, 1.82) is 5.26 Å². The molecule has 3 aromatic rings. The molecule has 0 N–H and O–H groups in total. The van der Waals surface area contributed by atoms with E-state index >= 15 is 0 Å². The molecule has 0 saturated heterocycles. The van der Waals surface area contributed by atoms with Crippen molar-refractivity contribution in [2.75, 3.05) is 17.2 Å². The predicted molar refractivity (Wildman–Crippen MR) is 135 cm³/mol. The van der Waals surface area contributed by atoms with Crippen LogP contribution in [0.1, 0.15) is 30.2 Å². The number of hydrogen-bond acceptors (Lipinski definition) is 6. The van der Waals surface area contributed by atoms with Crippen LogP contribution in [0.4, 0.5) is 5.69 Å². The Morgan fingerprint density at radius 2 is 2.21 bits per heavy atom. The number of rotatable bonds is 8. The number of fused-ring (bicyclic) bond motifs is 3. The van der Waals surface area contributed by atoms with E-state index in [2.05, 4.69) is 19.6 Å². The summed E-state index contributed by atoms with van der Waals surface area (Å²) < 4.78 is 1.63. The Balaban J connectivity index is 1.64. The molecule has 2 heterocycles. The highest BCUT2D eigenvalue weighted by molar-refractivity contribution is 7.99. The maximum atomic E-state index is 13.4. The first-order valence-corrected chi connectivity index (χ1v) is 12.8. The summed E-state index contributed by atoms with van der Waals surface area (Å²) in [6.45, 7) is 6.71. The van der Waals surface area contributed by atoms with E-state index < -0.39 is 0 Å². The number of carbonyl (C=O) groups excluding carboxylic acids is 1.